The van der Waals surface area contributed by atoms with Gasteiger partial charge < -0.3 is 5.32 Å². The lowest BCUT2D eigenvalue weighted by molar-refractivity contribution is 0.411. The lowest BCUT2D eigenvalue weighted by Crippen LogP contribution is -2.35. The molecule has 0 atom stereocenters. The first-order valence-corrected chi connectivity index (χ1v) is 5.39. The van der Waals surface area contributed by atoms with Crippen molar-refractivity contribution in [2.24, 2.45) is 0 Å². The molecule has 0 saturated heterocycles. The number of nitrogens with one attached hydrogen (secondary N) is 1. The molecule has 0 aliphatic heterocycles. The minimum Gasteiger partial charge on any atom is -0.306 e. The van der Waals surface area contributed by atoms with E-state index in [1.807, 2.05) is 17.0 Å². The summed E-state index contributed by atoms with van der Waals surface area (Å²) >= 11 is 0. The Kier molecular flexibility index (Phi) is 4.09. The third-order valence-corrected chi connectivity index (χ3v) is 2.15. The summed E-state index contributed by atoms with van der Waals surface area (Å²) in [4.78, 5) is 0. The highest BCUT2D eigenvalue weighted by atomic mass is 15.3. The molecule has 0 unspecified atom stereocenters. The zero-order valence-corrected chi connectivity index (χ0v) is 9.95. The van der Waals surface area contributed by atoms with Gasteiger partial charge in [-0.05, 0) is 33.3 Å². The van der Waals surface area contributed by atoms with Crippen molar-refractivity contribution in [3.8, 4) is 0 Å². The van der Waals surface area contributed by atoms with Crippen LogP contribution >= 0.6 is 0 Å². The van der Waals surface area contributed by atoms with E-state index in [1.165, 1.54) is 5.69 Å². The Morgan fingerprint density at radius 2 is 2.27 bits per heavy atom. The molecule has 1 N–H and O–H groups in total. The van der Waals surface area contributed by atoms with E-state index in [0.717, 1.165) is 19.5 Å². The zero-order valence-electron chi connectivity index (χ0n) is 9.95. The van der Waals surface area contributed by atoms with Crippen molar-refractivity contribution < 1.29 is 0 Å². The van der Waals surface area contributed by atoms with E-state index in [2.05, 4.69) is 43.8 Å². The number of allylic oxidation sites excluding steroid dienone is 1. The van der Waals surface area contributed by atoms with Gasteiger partial charge in [0.15, 0.2) is 0 Å². The molecule has 0 aliphatic rings. The Morgan fingerprint density at radius 3 is 2.87 bits per heavy atom. The van der Waals surface area contributed by atoms with Crippen molar-refractivity contribution in [1.29, 1.82) is 0 Å². The normalized spacial score (nSPS) is 11.7. The first-order chi connectivity index (χ1) is 7.03. The van der Waals surface area contributed by atoms with Crippen LogP contribution in [0.4, 0.5) is 0 Å². The molecule has 0 aromatic carbocycles. The molecule has 1 aromatic heterocycles. The van der Waals surface area contributed by atoms with E-state index in [1.54, 1.807) is 0 Å². The fraction of sp³-hybridized carbons (Fsp3) is 0.583. The van der Waals surface area contributed by atoms with Gasteiger partial charge in [0.2, 0.25) is 0 Å². The highest BCUT2D eigenvalue weighted by molar-refractivity contribution is 5.01. The van der Waals surface area contributed by atoms with Gasteiger partial charge in [-0.2, -0.15) is 5.10 Å². The van der Waals surface area contributed by atoms with Gasteiger partial charge >= 0.3 is 0 Å². The number of hydrogen-bond acceptors (Lipinski definition) is 2. The molecule has 1 heterocycles. The highest BCUT2D eigenvalue weighted by Gasteiger charge is 2.10. The predicted octanol–water partition coefficient (Wildman–Crippen LogP) is 2.35. The van der Waals surface area contributed by atoms with E-state index in [4.69, 9.17) is 0 Å². The maximum atomic E-state index is 4.28. The van der Waals surface area contributed by atoms with Gasteiger partial charge in [-0.1, -0.05) is 6.08 Å². The lowest BCUT2D eigenvalue weighted by atomic mass is 10.1. The molecule has 0 aliphatic carbocycles. The van der Waals surface area contributed by atoms with Gasteiger partial charge in [-0.3, -0.25) is 4.68 Å². The highest BCUT2D eigenvalue weighted by Crippen LogP contribution is 2.04. The number of nitrogens with zero attached hydrogens (tertiary/aromatic N) is 2. The Balaban J connectivity index is 2.53. The van der Waals surface area contributed by atoms with Gasteiger partial charge in [0.25, 0.3) is 0 Å². The quantitative estimate of drug-likeness (QED) is 0.751. The third-order valence-electron chi connectivity index (χ3n) is 2.15. The minimum absolute atomic E-state index is 0.146. The summed E-state index contributed by atoms with van der Waals surface area (Å²) in [6, 6.07) is 2.06. The van der Waals surface area contributed by atoms with Crippen LogP contribution in [0.5, 0.6) is 0 Å². The topological polar surface area (TPSA) is 29.9 Å². The first-order valence-electron chi connectivity index (χ1n) is 5.39. The standard InChI is InChI=1S/C12H21N3/c1-5-6-9-15-11(7-8-14-15)10-13-12(2,3)4/h5,7-8,13H,1,6,9-10H2,2-4H3. The predicted molar refractivity (Wildman–Crippen MR) is 63.6 cm³/mol. The molecule has 0 bridgehead atoms. The first kappa shape index (κ1) is 12.0. The number of aromatic nitrogens is 2. The fourth-order valence-corrected chi connectivity index (χ4v) is 1.28. The minimum atomic E-state index is 0.146. The second kappa shape index (κ2) is 5.12. The summed E-state index contributed by atoms with van der Waals surface area (Å²) in [7, 11) is 0. The maximum absolute atomic E-state index is 4.28. The van der Waals surface area contributed by atoms with E-state index >= 15 is 0 Å². The molecule has 0 spiro atoms. The SMILES string of the molecule is C=CCCn1nccc1CNC(C)(C)C. The molecule has 0 radical (unpaired) electrons. The molecule has 84 valence electrons. The van der Waals surface area contributed by atoms with Gasteiger partial charge in [-0.25, -0.2) is 0 Å². The molecule has 3 heteroatoms. The molecule has 0 fully saturated rings. The molecule has 3 nitrogen and oxygen atoms in total. The van der Waals surface area contributed by atoms with Crippen molar-refractivity contribution >= 4 is 0 Å². The maximum Gasteiger partial charge on any atom is 0.0522 e. The van der Waals surface area contributed by atoms with Crippen molar-refractivity contribution in [1.82, 2.24) is 15.1 Å². The Labute approximate surface area is 92.2 Å². The van der Waals surface area contributed by atoms with Gasteiger partial charge in [0, 0.05) is 24.8 Å². The van der Waals surface area contributed by atoms with Crippen LogP contribution in [0.3, 0.4) is 0 Å². The summed E-state index contributed by atoms with van der Waals surface area (Å²) in [6.07, 6.45) is 4.73. The zero-order chi connectivity index (χ0) is 11.3. The number of rotatable bonds is 5. The molecule has 1 rings (SSSR count). The molecular weight excluding hydrogens is 186 g/mol. The largest absolute Gasteiger partial charge is 0.306 e. The van der Waals surface area contributed by atoms with E-state index in [9.17, 15) is 0 Å². The second-order valence-electron chi connectivity index (χ2n) is 4.73. The molecule has 0 amide bonds. The van der Waals surface area contributed by atoms with Gasteiger partial charge in [0.1, 0.15) is 0 Å². The van der Waals surface area contributed by atoms with E-state index in [-0.39, 0.29) is 5.54 Å². The molecule has 15 heavy (non-hydrogen) atoms. The van der Waals surface area contributed by atoms with Crippen molar-refractivity contribution in [2.45, 2.75) is 45.8 Å². The van der Waals surface area contributed by atoms with Crippen LogP contribution in [0.2, 0.25) is 0 Å². The molecular formula is C12H21N3. The number of hydrogen-bond donors (Lipinski definition) is 1. The smallest absolute Gasteiger partial charge is 0.0522 e. The van der Waals surface area contributed by atoms with Crippen LogP contribution in [0.15, 0.2) is 24.9 Å². The summed E-state index contributed by atoms with van der Waals surface area (Å²) in [5.41, 5.74) is 1.37. The van der Waals surface area contributed by atoms with Crippen LogP contribution in [-0.2, 0) is 13.1 Å². The molecule has 1 aromatic rings. The Morgan fingerprint density at radius 1 is 1.53 bits per heavy atom. The van der Waals surface area contributed by atoms with Crippen LogP contribution in [0.1, 0.15) is 32.9 Å². The average molecular weight is 207 g/mol. The van der Waals surface area contributed by atoms with Gasteiger partial charge in [-0.15, -0.1) is 6.58 Å². The van der Waals surface area contributed by atoms with Crippen LogP contribution < -0.4 is 5.32 Å². The Hall–Kier alpha value is -1.09. The van der Waals surface area contributed by atoms with Gasteiger partial charge in [0.05, 0.1) is 5.69 Å². The summed E-state index contributed by atoms with van der Waals surface area (Å²) < 4.78 is 2.03. The van der Waals surface area contributed by atoms with Crippen LogP contribution in [-0.4, -0.2) is 15.3 Å². The lowest BCUT2D eigenvalue weighted by Gasteiger charge is -2.20. The van der Waals surface area contributed by atoms with E-state index in [0.29, 0.717) is 0 Å². The number of aryl methyl sites for hydroxylation is 1. The van der Waals surface area contributed by atoms with E-state index < -0.39 is 0 Å². The van der Waals surface area contributed by atoms with Crippen LogP contribution in [0.25, 0.3) is 0 Å². The summed E-state index contributed by atoms with van der Waals surface area (Å²) in [5.74, 6) is 0. The average Bonchev–Trinajstić information content (AvgIpc) is 2.57. The third kappa shape index (κ3) is 4.30. The second-order valence-corrected chi connectivity index (χ2v) is 4.73. The monoisotopic (exact) mass is 207 g/mol. The summed E-state index contributed by atoms with van der Waals surface area (Å²) in [6.45, 7) is 12.0. The van der Waals surface area contributed by atoms with Crippen molar-refractivity contribution in [3.05, 3.63) is 30.6 Å². The summed E-state index contributed by atoms with van der Waals surface area (Å²) in [5, 5.41) is 7.74. The fourth-order valence-electron chi connectivity index (χ4n) is 1.28. The van der Waals surface area contributed by atoms with Crippen LogP contribution in [0, 0.1) is 0 Å². The van der Waals surface area contributed by atoms with Crippen molar-refractivity contribution in [2.75, 3.05) is 0 Å². The van der Waals surface area contributed by atoms with Crippen molar-refractivity contribution in [3.63, 3.8) is 0 Å². The molecule has 0 saturated carbocycles. The Bertz CT molecular complexity index is 307.